The monoisotopic (exact) mass is 1300 g/mol. The van der Waals surface area contributed by atoms with E-state index in [0.717, 1.165) is 5.56 Å². The fourth-order valence-electron chi connectivity index (χ4n) is 10.2. The molecule has 6 atom stereocenters. The molecular formula is C64H83N7O22. The summed E-state index contributed by atoms with van der Waals surface area (Å²) in [5.74, 6) is -1.66. The minimum absolute atomic E-state index is 0.0519. The first-order valence-electron chi connectivity index (χ1n) is 30.8. The van der Waals surface area contributed by atoms with Crippen molar-refractivity contribution in [1.82, 2.24) is 30.9 Å². The average Bonchev–Trinajstić information content (AvgIpc) is 1.61. The number of hydrogen-bond donors (Lipinski definition) is 10. The van der Waals surface area contributed by atoms with E-state index in [0.29, 0.717) is 126 Å². The van der Waals surface area contributed by atoms with E-state index in [1.807, 2.05) is 0 Å². The predicted molar refractivity (Wildman–Crippen MR) is 327 cm³/mol. The number of nitrogens with one attached hydrogen (secondary N) is 4. The third-order valence-corrected chi connectivity index (χ3v) is 14.9. The Labute approximate surface area is 536 Å². The highest BCUT2D eigenvalue weighted by molar-refractivity contribution is 6.01. The molecule has 4 aromatic carbocycles. The molecule has 0 radical (unpaired) electrons. The van der Waals surface area contributed by atoms with Crippen LogP contribution in [0.4, 0.5) is 10.5 Å². The predicted octanol–water partition coefficient (Wildman–Crippen LogP) is 3.03. The van der Waals surface area contributed by atoms with Crippen molar-refractivity contribution in [3.8, 4) is 23.0 Å². The summed E-state index contributed by atoms with van der Waals surface area (Å²) in [6, 6.07) is 19.4. The lowest BCUT2D eigenvalue weighted by Gasteiger charge is -2.39. The summed E-state index contributed by atoms with van der Waals surface area (Å²) >= 11 is 0. The van der Waals surface area contributed by atoms with Crippen molar-refractivity contribution in [2.45, 2.75) is 107 Å². The molecule has 4 heterocycles. The van der Waals surface area contributed by atoms with Crippen LogP contribution >= 0.6 is 0 Å². The van der Waals surface area contributed by atoms with Crippen LogP contribution in [-0.2, 0) is 75.5 Å². The third kappa shape index (κ3) is 20.3. The topological polar surface area (TPSA) is 387 Å². The van der Waals surface area contributed by atoms with Gasteiger partial charge in [-0.05, 0) is 101 Å². The summed E-state index contributed by atoms with van der Waals surface area (Å²) in [5.41, 5.74) is 1.03. The van der Waals surface area contributed by atoms with E-state index in [4.69, 9.17) is 52.1 Å². The maximum Gasteiger partial charge on any atom is 0.407 e. The number of aromatic hydroxyl groups is 2. The van der Waals surface area contributed by atoms with Crippen molar-refractivity contribution in [2.24, 2.45) is 0 Å². The molecule has 1 fully saturated rings. The van der Waals surface area contributed by atoms with Gasteiger partial charge in [0.1, 0.15) is 64.8 Å². The van der Waals surface area contributed by atoms with Gasteiger partial charge in [-0.25, -0.2) is 14.3 Å². The van der Waals surface area contributed by atoms with E-state index in [1.165, 1.54) is 35.0 Å². The van der Waals surface area contributed by atoms with Gasteiger partial charge in [0.15, 0.2) is 11.9 Å². The van der Waals surface area contributed by atoms with Crippen molar-refractivity contribution < 1.29 is 107 Å². The van der Waals surface area contributed by atoms with Crippen LogP contribution in [0.2, 0.25) is 0 Å². The summed E-state index contributed by atoms with van der Waals surface area (Å²) < 4.78 is 62.8. The molecule has 4 amide bonds. The Morgan fingerprint density at radius 2 is 1.28 bits per heavy atom. The summed E-state index contributed by atoms with van der Waals surface area (Å²) in [6.07, 6.45) is -4.23. The second kappa shape index (κ2) is 34.8. The molecule has 0 aliphatic carbocycles. The molecule has 0 saturated carbocycles. The number of phenolic OH excluding ortho intramolecular Hbond substituents is 2. The average molecular weight is 1300 g/mol. The minimum Gasteiger partial charge on any atom is -0.508 e. The number of carbonyl (C=O) groups is 5. The Balaban J connectivity index is 0.753. The van der Waals surface area contributed by atoms with Gasteiger partial charge in [-0.15, -0.1) is 5.10 Å². The lowest BCUT2D eigenvalue weighted by atomic mass is 9.77. The number of anilines is 1. The van der Waals surface area contributed by atoms with Crippen LogP contribution in [0.3, 0.4) is 0 Å². The number of fused-ring (bicyclic) bond motifs is 6. The molecule has 2 unspecified atom stereocenters. The van der Waals surface area contributed by atoms with E-state index >= 15 is 0 Å². The standard InChI is InChI=1S/C64H83N7O22/c1-63(2,3)93-62(82)66-20-23-84-25-27-86-29-31-88-33-32-87-30-28-85-26-24-83-21-18-54(75)65-19-5-4-6-50(59(80)68-42-10-7-40(8-11-42)17-22-89-61-57(78)56(77)55(76)53(39-72)91-61)71-38-43(69-70-71)37-67-58(79)41-9-14-47-46(34-41)60(81)92-64(47)48-15-12-44(73)35-51(48)90-52-36-45(74)13-16-49(52)64/h7-16,34-36,38,50,53,55-57,61,72-74,76-78H,4-6,17-33,37,39H2,1-3H3,(H,65,75)(H,66,82)(H,67,79)(H,68,80)/t50?,53-,55-,56+,57-,61?/m1/s1. The van der Waals surface area contributed by atoms with Crippen LogP contribution in [0.15, 0.2) is 85.1 Å². The molecule has 3 aliphatic rings. The first kappa shape index (κ1) is 70.9. The lowest BCUT2D eigenvalue weighted by Crippen LogP contribution is -2.59. The van der Waals surface area contributed by atoms with Crippen LogP contribution in [0.5, 0.6) is 23.0 Å². The van der Waals surface area contributed by atoms with Gasteiger partial charge < -0.3 is 104 Å². The molecular weight excluding hydrogens is 1220 g/mol. The van der Waals surface area contributed by atoms with Gasteiger partial charge >= 0.3 is 12.1 Å². The van der Waals surface area contributed by atoms with Crippen molar-refractivity contribution in [2.75, 3.05) is 111 Å². The van der Waals surface area contributed by atoms with Crippen molar-refractivity contribution in [3.63, 3.8) is 0 Å². The Morgan fingerprint density at radius 1 is 0.677 bits per heavy atom. The zero-order valence-corrected chi connectivity index (χ0v) is 52.2. The highest BCUT2D eigenvalue weighted by Gasteiger charge is 2.54. The molecule has 1 aromatic heterocycles. The van der Waals surface area contributed by atoms with E-state index in [-0.39, 0.29) is 79.2 Å². The van der Waals surface area contributed by atoms with E-state index in [2.05, 4.69) is 31.6 Å². The fourth-order valence-corrected chi connectivity index (χ4v) is 10.2. The molecule has 29 nitrogen and oxygen atoms in total. The van der Waals surface area contributed by atoms with Gasteiger partial charge in [0.05, 0.1) is 111 Å². The molecule has 29 heteroatoms. The second-order valence-electron chi connectivity index (χ2n) is 22.9. The quantitative estimate of drug-likeness (QED) is 0.0202. The summed E-state index contributed by atoms with van der Waals surface area (Å²) in [7, 11) is 0. The maximum absolute atomic E-state index is 14.1. The number of hydrogen-bond acceptors (Lipinski definition) is 24. The number of benzene rings is 4. The number of ether oxygens (including phenoxy) is 11. The van der Waals surface area contributed by atoms with Crippen molar-refractivity contribution in [1.29, 1.82) is 0 Å². The number of rotatable bonds is 37. The largest absolute Gasteiger partial charge is 0.508 e. The molecule has 0 bridgehead atoms. The van der Waals surface area contributed by atoms with Crippen LogP contribution in [0.25, 0.3) is 0 Å². The number of aliphatic hydroxyl groups is 4. The van der Waals surface area contributed by atoms with Gasteiger partial charge in [-0.3, -0.25) is 14.4 Å². The third-order valence-electron chi connectivity index (χ3n) is 14.9. The van der Waals surface area contributed by atoms with Gasteiger partial charge in [0, 0.05) is 59.6 Å². The van der Waals surface area contributed by atoms with Crippen LogP contribution in [0.1, 0.15) is 101 Å². The Hall–Kier alpha value is -7.91. The molecule has 1 spiro atoms. The zero-order chi connectivity index (χ0) is 66.3. The number of alkyl carbamates (subject to hydrolysis) is 1. The van der Waals surface area contributed by atoms with Gasteiger partial charge in [-0.1, -0.05) is 23.4 Å². The summed E-state index contributed by atoms with van der Waals surface area (Å²) in [6.45, 7) is 9.64. The molecule has 10 N–H and O–H groups in total. The smallest absolute Gasteiger partial charge is 0.407 e. The molecule has 1 saturated heterocycles. The van der Waals surface area contributed by atoms with Crippen LogP contribution in [0, 0.1) is 0 Å². The number of amides is 4. The lowest BCUT2D eigenvalue weighted by molar-refractivity contribution is -0.300. The normalized spacial score (nSPS) is 18.1. The Kier molecular flexibility index (Phi) is 26.6. The summed E-state index contributed by atoms with van der Waals surface area (Å²) in [5, 5.41) is 80.4. The Morgan fingerprint density at radius 3 is 1.89 bits per heavy atom. The summed E-state index contributed by atoms with van der Waals surface area (Å²) in [4.78, 5) is 65.9. The molecule has 93 heavy (non-hydrogen) atoms. The van der Waals surface area contributed by atoms with Crippen LogP contribution < -0.4 is 26.0 Å². The van der Waals surface area contributed by atoms with E-state index in [9.17, 15) is 54.6 Å². The van der Waals surface area contributed by atoms with Gasteiger partial charge in [-0.2, -0.15) is 0 Å². The minimum atomic E-state index is -1.57. The number of aliphatic hydroxyl groups excluding tert-OH is 4. The number of phenols is 2. The molecule has 5 aromatic rings. The highest BCUT2D eigenvalue weighted by Crippen LogP contribution is 2.57. The number of aromatic nitrogens is 3. The van der Waals surface area contributed by atoms with E-state index in [1.54, 1.807) is 75.5 Å². The SMILES string of the molecule is CC(C)(C)OC(=O)NCCOCCOCCOCCOCCOCCOCCC(=O)NCCCCC(C(=O)Nc1ccc(CCOC2O[C@H](CO)[C@@H](O)[C@H](O)[C@H]2O)cc1)n1cc(CNC(=O)c2ccc3c(c2)C(=O)OC32c3ccc(O)cc3Oc3cc(O)ccc32)nn1. The Bertz CT molecular complexity index is 3200. The number of unbranched alkanes of at least 4 members (excludes halogenated alkanes) is 1. The van der Waals surface area contributed by atoms with Gasteiger partial charge in [0.2, 0.25) is 11.8 Å². The first-order chi connectivity index (χ1) is 44.8. The fraction of sp³-hybridized carbons (Fsp3) is 0.516. The second-order valence-corrected chi connectivity index (χ2v) is 22.9. The zero-order valence-electron chi connectivity index (χ0n) is 52.2. The molecule has 8 rings (SSSR count). The van der Waals surface area contributed by atoms with Crippen molar-refractivity contribution in [3.05, 3.63) is 124 Å². The molecule has 3 aliphatic heterocycles. The number of esters is 1. The van der Waals surface area contributed by atoms with Crippen molar-refractivity contribution >= 4 is 35.5 Å². The first-order valence-corrected chi connectivity index (χ1v) is 30.8. The number of carbonyl (C=O) groups excluding carboxylic acids is 5. The number of nitrogens with zero attached hydrogens (tertiary/aromatic N) is 3. The van der Waals surface area contributed by atoms with Crippen LogP contribution in [-0.4, -0.2) is 217 Å². The van der Waals surface area contributed by atoms with Gasteiger partial charge in [0.25, 0.3) is 5.91 Å². The molecule has 506 valence electrons. The van der Waals surface area contributed by atoms with E-state index < -0.39 is 78.4 Å². The highest BCUT2D eigenvalue weighted by atomic mass is 16.7. The maximum atomic E-state index is 14.1.